The van der Waals surface area contributed by atoms with Crippen LogP contribution < -0.4 is 5.73 Å². The smallest absolute Gasteiger partial charge is 0.159 e. The Morgan fingerprint density at radius 2 is 2.00 bits per heavy atom. The lowest BCUT2D eigenvalue weighted by Crippen LogP contribution is -2.28. The molecule has 0 aromatic heterocycles. The SMILES string of the molecule is NC(Cc1ccc(F)c(F)c1)CC1CC2CCC1C2. The van der Waals surface area contributed by atoms with Crippen LogP contribution in [0.1, 0.15) is 37.7 Å². The molecule has 2 N–H and O–H groups in total. The molecule has 2 saturated carbocycles. The van der Waals surface area contributed by atoms with Gasteiger partial charge in [0.05, 0.1) is 0 Å². The lowest BCUT2D eigenvalue weighted by Gasteiger charge is -2.24. The van der Waals surface area contributed by atoms with Crippen LogP contribution in [0.4, 0.5) is 8.78 Å². The summed E-state index contributed by atoms with van der Waals surface area (Å²) in [7, 11) is 0. The van der Waals surface area contributed by atoms with Crippen LogP contribution in [0.3, 0.4) is 0 Å². The van der Waals surface area contributed by atoms with Gasteiger partial charge in [0.1, 0.15) is 0 Å². The van der Waals surface area contributed by atoms with E-state index in [1.54, 1.807) is 6.07 Å². The van der Waals surface area contributed by atoms with Crippen molar-refractivity contribution in [1.29, 1.82) is 0 Å². The van der Waals surface area contributed by atoms with Crippen molar-refractivity contribution in [3.05, 3.63) is 35.4 Å². The Morgan fingerprint density at radius 3 is 2.63 bits per heavy atom. The van der Waals surface area contributed by atoms with E-state index in [-0.39, 0.29) is 6.04 Å². The number of hydrogen-bond donors (Lipinski definition) is 1. The minimum absolute atomic E-state index is 0.0641. The van der Waals surface area contributed by atoms with Crippen LogP contribution in [-0.4, -0.2) is 6.04 Å². The van der Waals surface area contributed by atoms with Crippen molar-refractivity contribution in [3.63, 3.8) is 0 Å². The Bertz CT molecular complexity index is 460. The maximum absolute atomic E-state index is 13.1. The van der Waals surface area contributed by atoms with Crippen LogP contribution in [0.2, 0.25) is 0 Å². The van der Waals surface area contributed by atoms with Crippen molar-refractivity contribution in [2.24, 2.45) is 23.5 Å². The molecular formula is C16H21F2N. The standard InChI is InChI=1S/C16H21F2N/c17-15-4-2-11(8-16(15)18)7-14(19)9-13-6-10-1-3-12(13)5-10/h2,4,8,10,12-14H,1,3,5-7,9,19H2. The number of benzene rings is 1. The van der Waals surface area contributed by atoms with E-state index in [0.717, 1.165) is 29.7 Å². The minimum Gasteiger partial charge on any atom is -0.327 e. The van der Waals surface area contributed by atoms with Crippen molar-refractivity contribution < 1.29 is 8.78 Å². The fourth-order valence-corrected chi connectivity index (χ4v) is 4.11. The van der Waals surface area contributed by atoms with Gasteiger partial charge in [-0.2, -0.15) is 0 Å². The van der Waals surface area contributed by atoms with Crippen molar-refractivity contribution >= 4 is 0 Å². The van der Waals surface area contributed by atoms with Crippen LogP contribution in [0, 0.1) is 29.4 Å². The molecule has 2 fully saturated rings. The summed E-state index contributed by atoms with van der Waals surface area (Å²) in [6.45, 7) is 0. The summed E-state index contributed by atoms with van der Waals surface area (Å²) >= 11 is 0. The molecule has 2 aliphatic carbocycles. The van der Waals surface area contributed by atoms with Crippen molar-refractivity contribution in [2.75, 3.05) is 0 Å². The first-order chi connectivity index (χ1) is 9.11. The predicted octanol–water partition coefficient (Wildman–Crippen LogP) is 3.66. The van der Waals surface area contributed by atoms with E-state index < -0.39 is 11.6 Å². The van der Waals surface area contributed by atoms with Crippen molar-refractivity contribution in [2.45, 2.75) is 44.6 Å². The van der Waals surface area contributed by atoms with Crippen LogP contribution in [0.15, 0.2) is 18.2 Å². The second-order valence-electron chi connectivity index (χ2n) is 6.38. The second-order valence-corrected chi connectivity index (χ2v) is 6.38. The minimum atomic E-state index is -0.787. The highest BCUT2D eigenvalue weighted by atomic mass is 19.2. The van der Waals surface area contributed by atoms with Gasteiger partial charge in [0.25, 0.3) is 0 Å². The van der Waals surface area contributed by atoms with E-state index in [2.05, 4.69) is 0 Å². The number of rotatable bonds is 4. The fourth-order valence-electron chi connectivity index (χ4n) is 4.11. The fraction of sp³-hybridized carbons (Fsp3) is 0.625. The molecule has 4 atom stereocenters. The molecule has 2 aliphatic rings. The van der Waals surface area contributed by atoms with E-state index in [1.165, 1.54) is 37.8 Å². The van der Waals surface area contributed by atoms with Gasteiger partial charge >= 0.3 is 0 Å². The average Bonchev–Trinajstić information content (AvgIpc) is 2.96. The van der Waals surface area contributed by atoms with E-state index in [4.69, 9.17) is 5.73 Å². The quantitative estimate of drug-likeness (QED) is 0.883. The summed E-state index contributed by atoms with van der Waals surface area (Å²) < 4.78 is 26.0. The Kier molecular flexibility index (Phi) is 3.57. The van der Waals surface area contributed by atoms with Gasteiger partial charge < -0.3 is 5.73 Å². The third kappa shape index (κ3) is 2.81. The zero-order valence-electron chi connectivity index (χ0n) is 11.1. The Labute approximate surface area is 113 Å². The first-order valence-electron chi connectivity index (χ1n) is 7.31. The van der Waals surface area contributed by atoms with Gasteiger partial charge in [-0.05, 0) is 67.6 Å². The first-order valence-corrected chi connectivity index (χ1v) is 7.31. The third-order valence-electron chi connectivity index (χ3n) is 4.97. The Morgan fingerprint density at radius 1 is 1.16 bits per heavy atom. The molecule has 0 spiro atoms. The van der Waals surface area contributed by atoms with Gasteiger partial charge in [0.15, 0.2) is 11.6 Å². The van der Waals surface area contributed by atoms with Gasteiger partial charge in [0.2, 0.25) is 0 Å². The summed E-state index contributed by atoms with van der Waals surface area (Å²) in [4.78, 5) is 0. The summed E-state index contributed by atoms with van der Waals surface area (Å²) in [6.07, 6.45) is 7.16. The molecule has 2 bridgehead atoms. The average molecular weight is 265 g/mol. The van der Waals surface area contributed by atoms with Gasteiger partial charge in [0, 0.05) is 6.04 Å². The largest absolute Gasteiger partial charge is 0.327 e. The normalized spacial score (nSPS) is 30.8. The van der Waals surface area contributed by atoms with Crippen LogP contribution in [0.25, 0.3) is 0 Å². The van der Waals surface area contributed by atoms with Crippen LogP contribution in [0.5, 0.6) is 0 Å². The number of fused-ring (bicyclic) bond motifs is 2. The maximum atomic E-state index is 13.1. The first kappa shape index (κ1) is 13.0. The summed E-state index contributed by atoms with van der Waals surface area (Å²) in [6, 6.07) is 4.17. The van der Waals surface area contributed by atoms with Crippen LogP contribution >= 0.6 is 0 Å². The molecule has 104 valence electrons. The van der Waals surface area contributed by atoms with Gasteiger partial charge in [-0.25, -0.2) is 8.78 Å². The van der Waals surface area contributed by atoms with Crippen molar-refractivity contribution in [3.8, 4) is 0 Å². The highest BCUT2D eigenvalue weighted by molar-refractivity contribution is 5.18. The zero-order chi connectivity index (χ0) is 13.4. The highest BCUT2D eigenvalue weighted by Gasteiger charge is 2.39. The molecule has 0 amide bonds. The molecule has 1 aromatic rings. The van der Waals surface area contributed by atoms with E-state index in [1.807, 2.05) is 0 Å². The number of nitrogens with two attached hydrogens (primary N) is 1. The lowest BCUT2D eigenvalue weighted by molar-refractivity contribution is 0.294. The highest BCUT2D eigenvalue weighted by Crippen LogP contribution is 2.49. The zero-order valence-corrected chi connectivity index (χ0v) is 11.1. The van der Waals surface area contributed by atoms with Gasteiger partial charge in [-0.3, -0.25) is 0 Å². The van der Waals surface area contributed by atoms with Crippen LogP contribution in [-0.2, 0) is 6.42 Å². The van der Waals surface area contributed by atoms with Gasteiger partial charge in [-0.15, -0.1) is 0 Å². The number of hydrogen-bond acceptors (Lipinski definition) is 1. The Balaban J connectivity index is 1.56. The third-order valence-corrected chi connectivity index (χ3v) is 4.97. The molecule has 0 heterocycles. The molecule has 19 heavy (non-hydrogen) atoms. The predicted molar refractivity (Wildman–Crippen MR) is 71.6 cm³/mol. The molecule has 3 rings (SSSR count). The van der Waals surface area contributed by atoms with E-state index in [0.29, 0.717) is 6.42 Å². The molecule has 0 aliphatic heterocycles. The summed E-state index contributed by atoms with van der Waals surface area (Å²) in [5.74, 6) is 1.01. The molecule has 1 aromatic carbocycles. The molecule has 0 radical (unpaired) electrons. The van der Waals surface area contributed by atoms with E-state index >= 15 is 0 Å². The second kappa shape index (κ2) is 5.20. The lowest BCUT2D eigenvalue weighted by atomic mass is 9.83. The summed E-state index contributed by atoms with van der Waals surface area (Å²) in [5.41, 5.74) is 6.99. The summed E-state index contributed by atoms with van der Waals surface area (Å²) in [5, 5.41) is 0. The molecule has 3 heteroatoms. The maximum Gasteiger partial charge on any atom is 0.159 e. The van der Waals surface area contributed by atoms with Gasteiger partial charge in [-0.1, -0.05) is 12.5 Å². The van der Waals surface area contributed by atoms with Crippen molar-refractivity contribution in [1.82, 2.24) is 0 Å². The monoisotopic (exact) mass is 265 g/mol. The molecule has 4 unspecified atom stereocenters. The molecule has 0 saturated heterocycles. The molecular weight excluding hydrogens is 244 g/mol. The number of halogens is 2. The topological polar surface area (TPSA) is 26.0 Å². The van der Waals surface area contributed by atoms with E-state index in [9.17, 15) is 8.78 Å². The molecule has 1 nitrogen and oxygen atoms in total. The Hall–Kier alpha value is -0.960.